The summed E-state index contributed by atoms with van der Waals surface area (Å²) in [5.41, 5.74) is 6.97. The van der Waals surface area contributed by atoms with E-state index >= 15 is 0 Å². The van der Waals surface area contributed by atoms with Crippen LogP contribution in [0, 0.1) is 0 Å². The number of carbonyl (C=O) groups excluding carboxylic acids is 2. The molecule has 6 heteroatoms. The second-order valence-electron chi connectivity index (χ2n) is 4.22. The highest BCUT2D eigenvalue weighted by molar-refractivity contribution is 5.97. The first-order chi connectivity index (χ1) is 9.53. The van der Waals surface area contributed by atoms with Crippen LogP contribution in [0.5, 0.6) is 0 Å². The minimum Gasteiger partial charge on any atom is -0.465 e. The number of nitrogen functional groups attached to an aromatic ring is 1. The Balaban J connectivity index is 2.82. The molecule has 1 aromatic rings. The molecular weight excluding hydrogens is 258 g/mol. The molecule has 0 fully saturated rings. The standard InChI is InChI=1S/C14H21N3O3/c1-4-17(5-2)13(18)9-16-12-7-6-10(15)8-11(12)14(19)20-3/h6-8,16H,4-5,9,15H2,1-3H3. The Morgan fingerprint density at radius 2 is 1.95 bits per heavy atom. The van der Waals surface area contributed by atoms with E-state index in [4.69, 9.17) is 10.5 Å². The van der Waals surface area contributed by atoms with Crippen LogP contribution in [0.25, 0.3) is 0 Å². The maximum Gasteiger partial charge on any atom is 0.340 e. The van der Waals surface area contributed by atoms with Gasteiger partial charge in [-0.3, -0.25) is 4.79 Å². The molecule has 0 saturated heterocycles. The summed E-state index contributed by atoms with van der Waals surface area (Å²) in [6, 6.07) is 4.85. The molecular formula is C14H21N3O3. The number of likely N-dealkylation sites (N-methyl/N-ethyl adjacent to an activating group) is 1. The van der Waals surface area contributed by atoms with Crippen LogP contribution in [0.1, 0.15) is 24.2 Å². The molecule has 6 nitrogen and oxygen atoms in total. The zero-order valence-corrected chi connectivity index (χ0v) is 12.1. The van der Waals surface area contributed by atoms with Crippen LogP contribution >= 0.6 is 0 Å². The quantitative estimate of drug-likeness (QED) is 0.606. The van der Waals surface area contributed by atoms with E-state index in [1.807, 2.05) is 13.8 Å². The average molecular weight is 279 g/mol. The maximum absolute atomic E-state index is 11.9. The number of hydrogen-bond donors (Lipinski definition) is 2. The number of ether oxygens (including phenoxy) is 1. The van der Waals surface area contributed by atoms with Crippen LogP contribution in [-0.2, 0) is 9.53 Å². The Bertz CT molecular complexity index is 485. The van der Waals surface area contributed by atoms with Crippen molar-refractivity contribution in [3.63, 3.8) is 0 Å². The molecule has 0 spiro atoms. The molecule has 0 aliphatic rings. The molecule has 20 heavy (non-hydrogen) atoms. The third-order valence-corrected chi connectivity index (χ3v) is 3.00. The van der Waals surface area contributed by atoms with E-state index in [1.165, 1.54) is 13.2 Å². The van der Waals surface area contributed by atoms with Gasteiger partial charge in [-0.1, -0.05) is 0 Å². The number of rotatable bonds is 6. The second-order valence-corrected chi connectivity index (χ2v) is 4.22. The molecule has 1 amide bonds. The lowest BCUT2D eigenvalue weighted by Gasteiger charge is -2.19. The Hall–Kier alpha value is -2.24. The Kier molecular flexibility index (Phi) is 5.83. The van der Waals surface area contributed by atoms with Gasteiger partial charge < -0.3 is 20.7 Å². The summed E-state index contributed by atoms with van der Waals surface area (Å²) < 4.78 is 4.70. The van der Waals surface area contributed by atoms with Crippen LogP contribution in [0.15, 0.2) is 18.2 Å². The number of anilines is 2. The first-order valence-corrected chi connectivity index (χ1v) is 6.52. The van der Waals surface area contributed by atoms with Crippen LogP contribution in [0.3, 0.4) is 0 Å². The molecule has 1 aromatic carbocycles. The van der Waals surface area contributed by atoms with Gasteiger partial charge in [0.2, 0.25) is 5.91 Å². The molecule has 0 aliphatic heterocycles. The van der Waals surface area contributed by atoms with Gasteiger partial charge in [0.05, 0.1) is 19.2 Å². The summed E-state index contributed by atoms with van der Waals surface area (Å²) in [4.78, 5) is 25.3. The van der Waals surface area contributed by atoms with E-state index in [9.17, 15) is 9.59 Å². The van der Waals surface area contributed by atoms with Gasteiger partial charge >= 0.3 is 5.97 Å². The number of carbonyl (C=O) groups is 2. The average Bonchev–Trinajstić information content (AvgIpc) is 2.46. The van der Waals surface area contributed by atoms with Gasteiger partial charge in [-0.2, -0.15) is 0 Å². The summed E-state index contributed by atoms with van der Waals surface area (Å²) in [6.07, 6.45) is 0. The molecule has 0 radical (unpaired) electrons. The summed E-state index contributed by atoms with van der Waals surface area (Å²) in [6.45, 7) is 5.27. The zero-order chi connectivity index (χ0) is 15.1. The Labute approximate surface area is 118 Å². The molecule has 1 rings (SSSR count). The predicted molar refractivity (Wildman–Crippen MR) is 78.6 cm³/mol. The fraction of sp³-hybridized carbons (Fsp3) is 0.429. The number of nitrogens with two attached hydrogens (primary N) is 1. The van der Waals surface area contributed by atoms with Gasteiger partial charge in [-0.25, -0.2) is 4.79 Å². The molecule has 3 N–H and O–H groups in total. The lowest BCUT2D eigenvalue weighted by molar-refractivity contribution is -0.128. The molecule has 110 valence electrons. The van der Waals surface area contributed by atoms with Crippen LogP contribution < -0.4 is 11.1 Å². The summed E-state index contributed by atoms with van der Waals surface area (Å²) in [5.74, 6) is -0.516. The van der Waals surface area contributed by atoms with Crippen molar-refractivity contribution < 1.29 is 14.3 Å². The van der Waals surface area contributed by atoms with Gasteiger partial charge in [0.25, 0.3) is 0 Å². The topological polar surface area (TPSA) is 84.7 Å². The minimum absolute atomic E-state index is 0.0253. The smallest absolute Gasteiger partial charge is 0.340 e. The third kappa shape index (κ3) is 3.88. The number of amides is 1. The first-order valence-electron chi connectivity index (χ1n) is 6.52. The molecule has 0 saturated carbocycles. The molecule has 0 bridgehead atoms. The lowest BCUT2D eigenvalue weighted by Crippen LogP contribution is -2.35. The highest BCUT2D eigenvalue weighted by atomic mass is 16.5. The van der Waals surface area contributed by atoms with Crippen molar-refractivity contribution in [2.75, 3.05) is 37.8 Å². The third-order valence-electron chi connectivity index (χ3n) is 3.00. The van der Waals surface area contributed by atoms with Gasteiger partial charge in [-0.15, -0.1) is 0 Å². The molecule has 0 aromatic heterocycles. The predicted octanol–water partition coefficient (Wildman–Crippen LogP) is 1.34. The summed E-state index contributed by atoms with van der Waals surface area (Å²) in [7, 11) is 1.30. The molecule has 0 atom stereocenters. The highest BCUT2D eigenvalue weighted by Gasteiger charge is 2.14. The minimum atomic E-state index is -0.491. The van der Waals surface area contributed by atoms with Crippen molar-refractivity contribution in [1.82, 2.24) is 4.90 Å². The number of nitrogens with one attached hydrogen (secondary N) is 1. The van der Waals surface area contributed by atoms with E-state index in [-0.39, 0.29) is 12.5 Å². The van der Waals surface area contributed by atoms with Crippen molar-refractivity contribution >= 4 is 23.3 Å². The van der Waals surface area contributed by atoms with E-state index in [1.54, 1.807) is 17.0 Å². The monoisotopic (exact) mass is 279 g/mol. The fourth-order valence-electron chi connectivity index (χ4n) is 1.85. The van der Waals surface area contributed by atoms with Crippen LogP contribution in [0.2, 0.25) is 0 Å². The number of esters is 1. The summed E-state index contributed by atoms with van der Waals surface area (Å²) >= 11 is 0. The van der Waals surface area contributed by atoms with E-state index in [0.717, 1.165) is 0 Å². The second kappa shape index (κ2) is 7.37. The number of nitrogens with zero attached hydrogens (tertiary/aromatic N) is 1. The van der Waals surface area contributed by atoms with Crippen LogP contribution in [0.4, 0.5) is 11.4 Å². The maximum atomic E-state index is 11.9. The SMILES string of the molecule is CCN(CC)C(=O)CNc1ccc(N)cc1C(=O)OC. The van der Waals surface area contributed by atoms with Crippen molar-refractivity contribution in [2.24, 2.45) is 0 Å². The van der Waals surface area contributed by atoms with E-state index < -0.39 is 5.97 Å². The normalized spacial score (nSPS) is 9.95. The Morgan fingerprint density at radius 3 is 2.50 bits per heavy atom. The molecule has 0 unspecified atom stereocenters. The lowest BCUT2D eigenvalue weighted by atomic mass is 10.1. The van der Waals surface area contributed by atoms with Gasteiger partial charge in [-0.05, 0) is 32.0 Å². The van der Waals surface area contributed by atoms with Gasteiger partial charge in [0, 0.05) is 24.5 Å². The van der Waals surface area contributed by atoms with E-state index in [0.29, 0.717) is 30.0 Å². The number of hydrogen-bond acceptors (Lipinski definition) is 5. The molecule has 0 aliphatic carbocycles. The van der Waals surface area contributed by atoms with Crippen molar-refractivity contribution in [3.05, 3.63) is 23.8 Å². The van der Waals surface area contributed by atoms with E-state index in [2.05, 4.69) is 5.32 Å². The van der Waals surface area contributed by atoms with Crippen molar-refractivity contribution in [2.45, 2.75) is 13.8 Å². The highest BCUT2D eigenvalue weighted by Crippen LogP contribution is 2.19. The zero-order valence-electron chi connectivity index (χ0n) is 12.1. The number of methoxy groups -OCH3 is 1. The van der Waals surface area contributed by atoms with Gasteiger partial charge in [0.1, 0.15) is 0 Å². The van der Waals surface area contributed by atoms with Gasteiger partial charge in [0.15, 0.2) is 0 Å². The number of benzene rings is 1. The largest absolute Gasteiger partial charge is 0.465 e. The van der Waals surface area contributed by atoms with Crippen LogP contribution in [-0.4, -0.2) is 43.5 Å². The fourth-order valence-corrected chi connectivity index (χ4v) is 1.85. The van der Waals surface area contributed by atoms with Crippen molar-refractivity contribution in [3.8, 4) is 0 Å². The molecule has 0 heterocycles. The Morgan fingerprint density at radius 1 is 1.30 bits per heavy atom. The summed E-state index contributed by atoms with van der Waals surface area (Å²) in [5, 5.41) is 2.96. The first kappa shape index (κ1) is 15.8. The van der Waals surface area contributed by atoms with Crippen molar-refractivity contribution in [1.29, 1.82) is 0 Å².